The number of nitrogen functional groups attached to an aromatic ring is 1. The Hall–Kier alpha value is -2.76. The van der Waals surface area contributed by atoms with Gasteiger partial charge in [0.05, 0.1) is 6.61 Å². The van der Waals surface area contributed by atoms with Crippen molar-refractivity contribution in [1.29, 1.82) is 0 Å². The Bertz CT molecular complexity index is 716. The van der Waals surface area contributed by atoms with Crippen molar-refractivity contribution >= 4 is 17.5 Å². The molecular formula is C18H21N3O3. The molecule has 24 heavy (non-hydrogen) atoms. The number of hydrogen-bond acceptors (Lipinski definition) is 5. The molecule has 1 aliphatic heterocycles. The first kappa shape index (κ1) is 16.1. The van der Waals surface area contributed by atoms with Crippen molar-refractivity contribution in [2.24, 2.45) is 0 Å². The first-order valence-corrected chi connectivity index (χ1v) is 8.02. The Morgan fingerprint density at radius 2 is 2.00 bits per heavy atom. The number of nitrogens with zero attached hydrogens (tertiary/aromatic N) is 2. The van der Waals surface area contributed by atoms with Crippen LogP contribution in [0.1, 0.15) is 18.4 Å². The van der Waals surface area contributed by atoms with Crippen molar-refractivity contribution < 1.29 is 14.3 Å². The van der Waals surface area contributed by atoms with E-state index < -0.39 is 0 Å². The molecule has 0 saturated heterocycles. The summed E-state index contributed by atoms with van der Waals surface area (Å²) in [7, 11) is 0. The molecule has 1 aromatic carbocycles. The van der Waals surface area contributed by atoms with E-state index in [1.165, 1.54) is 5.56 Å². The molecule has 0 unspecified atom stereocenters. The molecule has 0 saturated carbocycles. The van der Waals surface area contributed by atoms with Crippen LogP contribution >= 0.6 is 0 Å². The number of aryl methyl sites for hydroxylation is 1. The van der Waals surface area contributed by atoms with Gasteiger partial charge < -0.3 is 15.2 Å². The average molecular weight is 327 g/mol. The molecule has 0 atom stereocenters. The maximum Gasteiger partial charge on any atom is 0.266 e. The Kier molecular flexibility index (Phi) is 4.84. The van der Waals surface area contributed by atoms with E-state index in [4.69, 9.17) is 15.2 Å². The van der Waals surface area contributed by atoms with Gasteiger partial charge in [-0.05, 0) is 44.0 Å². The molecule has 1 aliphatic rings. The van der Waals surface area contributed by atoms with E-state index in [2.05, 4.69) is 4.98 Å². The standard InChI is InChI=1S/C18H21N3O3/c1-13-4-6-14(7-5-13)23-11-3-2-10-21-17(22)12-24-15-8-9-16(19)20-18(15)21/h4-9H,2-3,10-12H2,1H3,(H2,19,20). The molecule has 2 aromatic rings. The van der Waals surface area contributed by atoms with Gasteiger partial charge >= 0.3 is 0 Å². The molecule has 1 aromatic heterocycles. The molecule has 0 radical (unpaired) electrons. The van der Waals surface area contributed by atoms with Gasteiger partial charge in [-0.15, -0.1) is 0 Å². The fraction of sp³-hybridized carbons (Fsp3) is 0.333. The number of hydrogen-bond donors (Lipinski definition) is 1. The molecule has 0 spiro atoms. The maximum absolute atomic E-state index is 12.1. The summed E-state index contributed by atoms with van der Waals surface area (Å²) in [4.78, 5) is 17.9. The maximum atomic E-state index is 12.1. The van der Waals surface area contributed by atoms with Crippen molar-refractivity contribution in [2.45, 2.75) is 19.8 Å². The summed E-state index contributed by atoms with van der Waals surface area (Å²) in [5.41, 5.74) is 6.92. The molecule has 2 N–H and O–H groups in total. The summed E-state index contributed by atoms with van der Waals surface area (Å²) in [6, 6.07) is 11.4. The van der Waals surface area contributed by atoms with Crippen LogP contribution in [0.5, 0.6) is 11.5 Å². The van der Waals surface area contributed by atoms with Gasteiger partial charge in [-0.25, -0.2) is 4.98 Å². The highest BCUT2D eigenvalue weighted by atomic mass is 16.5. The number of ether oxygens (including phenoxy) is 2. The van der Waals surface area contributed by atoms with E-state index >= 15 is 0 Å². The van der Waals surface area contributed by atoms with E-state index in [1.807, 2.05) is 31.2 Å². The minimum atomic E-state index is -0.0972. The van der Waals surface area contributed by atoms with Crippen LogP contribution in [0, 0.1) is 6.92 Å². The molecule has 0 bridgehead atoms. The highest BCUT2D eigenvalue weighted by Gasteiger charge is 2.26. The van der Waals surface area contributed by atoms with Crippen LogP contribution < -0.4 is 20.1 Å². The SMILES string of the molecule is Cc1ccc(OCCCCN2C(=O)COc3ccc(N)nc32)cc1. The molecular weight excluding hydrogens is 306 g/mol. The lowest BCUT2D eigenvalue weighted by atomic mass is 10.2. The predicted octanol–water partition coefficient (Wildman–Crippen LogP) is 2.56. The molecule has 1 amide bonds. The summed E-state index contributed by atoms with van der Waals surface area (Å²) in [5, 5.41) is 0. The second kappa shape index (κ2) is 7.21. The van der Waals surface area contributed by atoms with Gasteiger partial charge in [-0.1, -0.05) is 17.7 Å². The minimum Gasteiger partial charge on any atom is -0.494 e. The van der Waals surface area contributed by atoms with Gasteiger partial charge in [-0.2, -0.15) is 0 Å². The first-order valence-electron chi connectivity index (χ1n) is 8.02. The zero-order chi connectivity index (χ0) is 16.9. The quantitative estimate of drug-likeness (QED) is 0.825. The topological polar surface area (TPSA) is 77.7 Å². The number of benzene rings is 1. The van der Waals surface area contributed by atoms with Gasteiger partial charge in [0.2, 0.25) is 0 Å². The second-order valence-electron chi connectivity index (χ2n) is 5.76. The average Bonchev–Trinajstić information content (AvgIpc) is 2.58. The summed E-state index contributed by atoms with van der Waals surface area (Å²) in [6.45, 7) is 3.27. The van der Waals surface area contributed by atoms with Crippen LogP contribution in [-0.2, 0) is 4.79 Å². The third-order valence-electron chi connectivity index (χ3n) is 3.83. The Balaban J connectivity index is 1.50. The summed E-state index contributed by atoms with van der Waals surface area (Å²) >= 11 is 0. The van der Waals surface area contributed by atoms with E-state index in [9.17, 15) is 4.79 Å². The number of unbranched alkanes of at least 4 members (excludes halogenated alkanes) is 1. The highest BCUT2D eigenvalue weighted by Crippen LogP contribution is 2.30. The van der Waals surface area contributed by atoms with Crippen molar-refractivity contribution in [3.05, 3.63) is 42.0 Å². The third kappa shape index (κ3) is 3.76. The van der Waals surface area contributed by atoms with Crippen LogP contribution in [0.25, 0.3) is 0 Å². The van der Waals surface area contributed by atoms with Crippen LogP contribution in [0.3, 0.4) is 0 Å². The number of nitrogens with two attached hydrogens (primary N) is 1. The molecule has 126 valence electrons. The van der Waals surface area contributed by atoms with Crippen LogP contribution in [0.4, 0.5) is 11.6 Å². The second-order valence-corrected chi connectivity index (χ2v) is 5.76. The van der Waals surface area contributed by atoms with Gasteiger partial charge in [0.25, 0.3) is 5.91 Å². The number of anilines is 2. The van der Waals surface area contributed by atoms with E-state index in [0.29, 0.717) is 30.5 Å². The zero-order valence-electron chi connectivity index (χ0n) is 13.7. The Morgan fingerprint density at radius 1 is 1.21 bits per heavy atom. The molecule has 0 aliphatic carbocycles. The van der Waals surface area contributed by atoms with Crippen molar-refractivity contribution in [3.63, 3.8) is 0 Å². The summed E-state index contributed by atoms with van der Waals surface area (Å²) < 4.78 is 11.1. The van der Waals surface area contributed by atoms with Gasteiger partial charge in [0, 0.05) is 6.54 Å². The van der Waals surface area contributed by atoms with Crippen molar-refractivity contribution in [2.75, 3.05) is 30.4 Å². The number of carbonyl (C=O) groups is 1. The summed E-state index contributed by atoms with van der Waals surface area (Å²) in [5.74, 6) is 2.24. The van der Waals surface area contributed by atoms with E-state index in [0.717, 1.165) is 18.6 Å². The minimum absolute atomic E-state index is 0.0401. The molecule has 3 rings (SSSR count). The number of rotatable bonds is 6. The number of carbonyl (C=O) groups excluding carboxylic acids is 1. The third-order valence-corrected chi connectivity index (χ3v) is 3.83. The number of amides is 1. The lowest BCUT2D eigenvalue weighted by molar-refractivity contribution is -0.121. The first-order chi connectivity index (χ1) is 11.6. The molecule has 2 heterocycles. The molecule has 0 fully saturated rings. The predicted molar refractivity (Wildman–Crippen MR) is 92.4 cm³/mol. The number of pyridine rings is 1. The highest BCUT2D eigenvalue weighted by molar-refractivity contribution is 5.96. The lowest BCUT2D eigenvalue weighted by Crippen LogP contribution is -2.40. The van der Waals surface area contributed by atoms with E-state index in [1.54, 1.807) is 17.0 Å². The van der Waals surface area contributed by atoms with Crippen LogP contribution in [0.15, 0.2) is 36.4 Å². The van der Waals surface area contributed by atoms with Crippen molar-refractivity contribution in [3.8, 4) is 11.5 Å². The normalized spacial score (nSPS) is 13.4. The van der Waals surface area contributed by atoms with E-state index in [-0.39, 0.29) is 12.5 Å². The fourth-order valence-corrected chi connectivity index (χ4v) is 2.52. The Labute approximate surface area is 141 Å². The smallest absolute Gasteiger partial charge is 0.266 e. The Morgan fingerprint density at radius 3 is 2.79 bits per heavy atom. The van der Waals surface area contributed by atoms with Crippen molar-refractivity contribution in [1.82, 2.24) is 4.98 Å². The number of aromatic nitrogens is 1. The van der Waals surface area contributed by atoms with Crippen LogP contribution in [0.2, 0.25) is 0 Å². The molecule has 6 nitrogen and oxygen atoms in total. The van der Waals surface area contributed by atoms with Gasteiger partial charge in [-0.3, -0.25) is 9.69 Å². The fourth-order valence-electron chi connectivity index (χ4n) is 2.52. The summed E-state index contributed by atoms with van der Waals surface area (Å²) in [6.07, 6.45) is 1.66. The van der Waals surface area contributed by atoms with Gasteiger partial charge in [0.1, 0.15) is 11.6 Å². The van der Waals surface area contributed by atoms with Crippen LogP contribution in [-0.4, -0.2) is 30.6 Å². The van der Waals surface area contributed by atoms with Gasteiger partial charge in [0.15, 0.2) is 18.2 Å². The molecule has 6 heteroatoms. The monoisotopic (exact) mass is 327 g/mol. The number of fused-ring (bicyclic) bond motifs is 1. The lowest BCUT2D eigenvalue weighted by Gasteiger charge is -2.28. The largest absolute Gasteiger partial charge is 0.494 e. The zero-order valence-corrected chi connectivity index (χ0v) is 13.7.